The molecule has 0 radical (unpaired) electrons. The van der Waals surface area contributed by atoms with Crippen LogP contribution in [0.4, 0.5) is 5.69 Å². The van der Waals surface area contributed by atoms with Crippen molar-refractivity contribution >= 4 is 22.4 Å². The Morgan fingerprint density at radius 2 is 1.82 bits per heavy atom. The molecule has 0 N–H and O–H groups in total. The molecule has 5 rings (SSSR count). The van der Waals surface area contributed by atoms with E-state index in [1.807, 2.05) is 50.9 Å². The Kier molecular flexibility index (Phi) is 7.12. The van der Waals surface area contributed by atoms with Crippen molar-refractivity contribution in [1.29, 1.82) is 10.5 Å². The summed E-state index contributed by atoms with van der Waals surface area (Å²) in [5.41, 5.74) is 2.77. The van der Waals surface area contributed by atoms with E-state index < -0.39 is 5.60 Å². The monoisotopic (exact) mass is 540 g/mol. The number of pyridine rings is 2. The topological polar surface area (TPSA) is 126 Å². The summed E-state index contributed by atoms with van der Waals surface area (Å²) in [5.74, 6) is 1.56. The Morgan fingerprint density at radius 3 is 2.50 bits per heavy atom. The standard InChI is InChI=1S/C30H32N6O4/c1-30(2,3)40-34-26(19-8-13-24-25(14-19)39-17-38-24)18-6-10-21(11-7-18)35(4)28-22(16-32)29(37)36(5)23-12-9-20(15-31)33-27(23)28/h8-9,12-14,18,21H,6-7,10-11,17H2,1-5H3/b34-26-/t18-,21+. The molecule has 10 heteroatoms. The zero-order valence-electron chi connectivity index (χ0n) is 23.4. The van der Waals surface area contributed by atoms with Crippen molar-refractivity contribution in [3.05, 3.63) is 57.5 Å². The van der Waals surface area contributed by atoms with Gasteiger partial charge in [0.2, 0.25) is 6.79 Å². The van der Waals surface area contributed by atoms with Crippen molar-refractivity contribution in [3.63, 3.8) is 0 Å². The SMILES string of the molecule is Cn1c(=O)c(C#N)c(N(C)[C@H]2CC[C@@H](/C(=N/OC(C)(C)C)c3ccc4c(c3)OCO4)CC2)c2nc(C#N)ccc21. The van der Waals surface area contributed by atoms with Gasteiger partial charge in [0.15, 0.2) is 11.5 Å². The highest BCUT2D eigenvalue weighted by Gasteiger charge is 2.32. The van der Waals surface area contributed by atoms with Gasteiger partial charge in [-0.3, -0.25) is 4.79 Å². The first-order valence-corrected chi connectivity index (χ1v) is 13.3. The highest BCUT2D eigenvalue weighted by atomic mass is 16.7. The van der Waals surface area contributed by atoms with Crippen LogP contribution in [-0.2, 0) is 11.9 Å². The molecule has 1 saturated carbocycles. The second-order valence-electron chi connectivity index (χ2n) is 11.2. The molecule has 2 aromatic heterocycles. The molecule has 40 heavy (non-hydrogen) atoms. The number of nitriles is 2. The number of nitrogens with zero attached hydrogens (tertiary/aromatic N) is 6. The molecule has 0 spiro atoms. The number of fused-ring (bicyclic) bond motifs is 2. The van der Waals surface area contributed by atoms with Gasteiger partial charge in [0.05, 0.1) is 16.9 Å². The smallest absolute Gasteiger partial charge is 0.270 e. The van der Waals surface area contributed by atoms with Crippen LogP contribution in [0.1, 0.15) is 63.3 Å². The van der Waals surface area contributed by atoms with Crippen LogP contribution < -0.4 is 19.9 Å². The predicted octanol–water partition coefficient (Wildman–Crippen LogP) is 4.62. The van der Waals surface area contributed by atoms with E-state index in [1.165, 1.54) is 4.57 Å². The van der Waals surface area contributed by atoms with Gasteiger partial charge in [0.1, 0.15) is 34.5 Å². The van der Waals surface area contributed by atoms with Crippen LogP contribution in [0, 0.1) is 28.6 Å². The zero-order valence-corrected chi connectivity index (χ0v) is 23.4. The Morgan fingerprint density at radius 1 is 1.10 bits per heavy atom. The van der Waals surface area contributed by atoms with E-state index in [2.05, 4.69) is 22.3 Å². The number of aryl methyl sites for hydroxylation is 1. The largest absolute Gasteiger partial charge is 0.454 e. The number of rotatable bonds is 5. The van der Waals surface area contributed by atoms with E-state index >= 15 is 0 Å². The maximum atomic E-state index is 13.1. The van der Waals surface area contributed by atoms with Gasteiger partial charge in [0, 0.05) is 31.6 Å². The fraction of sp³-hybridized carbons (Fsp3) is 0.433. The van der Waals surface area contributed by atoms with Crippen LogP contribution in [0.15, 0.2) is 40.3 Å². The molecule has 0 bridgehead atoms. The number of hydrogen-bond donors (Lipinski definition) is 0. The first kappa shape index (κ1) is 27.0. The third-order valence-electron chi connectivity index (χ3n) is 7.51. The molecule has 1 aromatic carbocycles. The fourth-order valence-electron chi connectivity index (χ4n) is 5.42. The van der Waals surface area contributed by atoms with Crippen LogP contribution in [0.3, 0.4) is 0 Å². The number of aromatic nitrogens is 2. The first-order chi connectivity index (χ1) is 19.1. The Bertz CT molecular complexity index is 1630. The van der Waals surface area contributed by atoms with Crippen LogP contribution in [0.2, 0.25) is 0 Å². The summed E-state index contributed by atoms with van der Waals surface area (Å²) in [7, 11) is 3.52. The fourth-order valence-corrected chi connectivity index (χ4v) is 5.42. The number of benzene rings is 1. The van der Waals surface area contributed by atoms with E-state index in [0.717, 1.165) is 37.0 Å². The molecular weight excluding hydrogens is 508 g/mol. The molecule has 0 unspecified atom stereocenters. The summed E-state index contributed by atoms with van der Waals surface area (Å²) in [6.45, 7) is 6.10. The van der Waals surface area contributed by atoms with Gasteiger partial charge in [-0.15, -0.1) is 0 Å². The summed E-state index contributed by atoms with van der Waals surface area (Å²) in [6, 6.07) is 13.4. The number of hydrogen-bond acceptors (Lipinski definition) is 9. The lowest BCUT2D eigenvalue weighted by molar-refractivity contribution is -0.0000295. The van der Waals surface area contributed by atoms with Gasteiger partial charge < -0.3 is 23.8 Å². The predicted molar refractivity (Wildman–Crippen MR) is 151 cm³/mol. The first-order valence-electron chi connectivity index (χ1n) is 13.3. The molecule has 206 valence electrons. The van der Waals surface area contributed by atoms with Crippen LogP contribution in [0.25, 0.3) is 11.0 Å². The second kappa shape index (κ2) is 10.5. The number of anilines is 1. The lowest BCUT2D eigenvalue weighted by Gasteiger charge is -2.37. The van der Waals surface area contributed by atoms with Gasteiger partial charge in [-0.05, 0) is 76.8 Å². The average molecular weight is 541 g/mol. The molecule has 0 atom stereocenters. The Labute approximate surface area is 233 Å². The third-order valence-corrected chi connectivity index (χ3v) is 7.51. The third kappa shape index (κ3) is 5.05. The second-order valence-corrected chi connectivity index (χ2v) is 11.2. The van der Waals surface area contributed by atoms with Gasteiger partial charge in [0.25, 0.3) is 5.56 Å². The van der Waals surface area contributed by atoms with Gasteiger partial charge >= 0.3 is 0 Å². The molecule has 3 heterocycles. The molecule has 1 fully saturated rings. The van der Waals surface area contributed by atoms with Crippen LogP contribution >= 0.6 is 0 Å². The lowest BCUT2D eigenvalue weighted by atomic mass is 9.80. The molecule has 10 nitrogen and oxygen atoms in total. The number of oxime groups is 1. The summed E-state index contributed by atoms with van der Waals surface area (Å²) >= 11 is 0. The van der Waals surface area contributed by atoms with Crippen molar-refractivity contribution in [1.82, 2.24) is 9.55 Å². The van der Waals surface area contributed by atoms with Crippen molar-refractivity contribution in [2.75, 3.05) is 18.7 Å². The van der Waals surface area contributed by atoms with Crippen LogP contribution in [0.5, 0.6) is 11.5 Å². The van der Waals surface area contributed by atoms with Crippen molar-refractivity contribution in [2.45, 2.75) is 58.1 Å². The minimum atomic E-state index is -0.442. The molecule has 1 aliphatic carbocycles. The minimum absolute atomic E-state index is 0.0309. The molecular formula is C30H32N6O4. The van der Waals surface area contributed by atoms with E-state index in [4.69, 9.17) is 14.3 Å². The molecule has 3 aromatic rings. The Hall–Kier alpha value is -4.57. The maximum Gasteiger partial charge on any atom is 0.270 e. The molecule has 0 saturated heterocycles. The highest BCUT2D eigenvalue weighted by Crippen LogP contribution is 2.38. The lowest BCUT2D eigenvalue weighted by Crippen LogP contribution is -2.39. The van der Waals surface area contributed by atoms with E-state index in [9.17, 15) is 15.3 Å². The minimum Gasteiger partial charge on any atom is -0.454 e. The van der Waals surface area contributed by atoms with Gasteiger partial charge in [-0.1, -0.05) is 5.16 Å². The molecule has 1 aliphatic heterocycles. The molecule has 2 aliphatic rings. The molecule has 0 amide bonds. The summed E-state index contributed by atoms with van der Waals surface area (Å²) in [5, 5.41) is 24.0. The normalized spacial score (nSPS) is 18.7. The number of ether oxygens (including phenoxy) is 2. The van der Waals surface area contributed by atoms with Crippen molar-refractivity contribution in [3.8, 4) is 23.6 Å². The summed E-state index contributed by atoms with van der Waals surface area (Å²) < 4.78 is 12.5. The summed E-state index contributed by atoms with van der Waals surface area (Å²) in [4.78, 5) is 25.5. The summed E-state index contributed by atoms with van der Waals surface area (Å²) in [6.07, 6.45) is 3.27. The highest BCUT2D eigenvalue weighted by molar-refractivity contribution is 6.02. The van der Waals surface area contributed by atoms with Crippen LogP contribution in [-0.4, -0.2) is 40.7 Å². The van der Waals surface area contributed by atoms with E-state index in [-0.39, 0.29) is 35.6 Å². The van der Waals surface area contributed by atoms with E-state index in [1.54, 1.807) is 19.2 Å². The van der Waals surface area contributed by atoms with Gasteiger partial charge in [-0.25, -0.2) is 4.98 Å². The maximum absolute atomic E-state index is 13.1. The Balaban J connectivity index is 1.45. The van der Waals surface area contributed by atoms with Gasteiger partial charge in [-0.2, -0.15) is 10.5 Å². The zero-order chi connectivity index (χ0) is 28.6. The van der Waals surface area contributed by atoms with Crippen molar-refractivity contribution < 1.29 is 14.3 Å². The quantitative estimate of drug-likeness (QED) is 0.339. The van der Waals surface area contributed by atoms with E-state index in [0.29, 0.717) is 28.2 Å². The van der Waals surface area contributed by atoms with Crippen molar-refractivity contribution in [2.24, 2.45) is 18.1 Å². The average Bonchev–Trinajstić information content (AvgIpc) is 3.42.